The molecule has 1 spiro atoms. The van der Waals surface area contributed by atoms with Gasteiger partial charge in [-0.05, 0) is 26.0 Å². The van der Waals surface area contributed by atoms with Crippen molar-refractivity contribution < 1.29 is 14.3 Å². The first-order valence-corrected chi connectivity index (χ1v) is 8.62. The highest BCUT2D eigenvalue weighted by Gasteiger charge is 2.47. The lowest BCUT2D eigenvalue weighted by Gasteiger charge is -2.47. The molecule has 122 valence electrons. The largest absolute Gasteiger partial charge is 0.378 e. The van der Waals surface area contributed by atoms with E-state index in [-0.39, 0.29) is 17.2 Å². The molecule has 1 N–H and O–H groups in total. The van der Waals surface area contributed by atoms with Crippen LogP contribution in [-0.4, -0.2) is 48.4 Å². The van der Waals surface area contributed by atoms with E-state index in [1.54, 1.807) is 0 Å². The van der Waals surface area contributed by atoms with Gasteiger partial charge in [0, 0.05) is 17.9 Å². The average molecular weight is 345 g/mol. The minimum atomic E-state index is -0.366. The van der Waals surface area contributed by atoms with E-state index in [0.717, 1.165) is 15.6 Å². The van der Waals surface area contributed by atoms with Crippen LogP contribution in [0.1, 0.15) is 25.1 Å². The van der Waals surface area contributed by atoms with Crippen molar-refractivity contribution in [2.24, 2.45) is 0 Å². The number of halogens is 1. The molecule has 1 atom stereocenters. The Morgan fingerprint density at radius 1 is 1.45 bits per heavy atom. The van der Waals surface area contributed by atoms with E-state index in [0.29, 0.717) is 32.8 Å². The van der Waals surface area contributed by atoms with Crippen LogP contribution >= 0.6 is 22.9 Å². The normalized spacial score (nSPS) is 27.3. The molecule has 2 aliphatic heterocycles. The third-order valence-electron chi connectivity index (χ3n) is 3.94. The zero-order chi connectivity index (χ0) is 15.8. The lowest BCUT2D eigenvalue weighted by Crippen LogP contribution is -2.62. The van der Waals surface area contributed by atoms with Crippen LogP contribution in [0.4, 0.5) is 4.79 Å². The van der Waals surface area contributed by atoms with Crippen LogP contribution in [0.2, 0.25) is 4.34 Å². The summed E-state index contributed by atoms with van der Waals surface area (Å²) in [5.41, 5.74) is -0.721. The van der Waals surface area contributed by atoms with Crippen LogP contribution in [0.25, 0.3) is 0 Å². The summed E-state index contributed by atoms with van der Waals surface area (Å²) in [6, 6.07) is 3.71. The Morgan fingerprint density at radius 3 is 2.91 bits per heavy atom. The van der Waals surface area contributed by atoms with Gasteiger partial charge in [-0.15, -0.1) is 11.3 Å². The van der Waals surface area contributed by atoms with Gasteiger partial charge in [0.15, 0.2) is 0 Å². The van der Waals surface area contributed by atoms with E-state index in [9.17, 15) is 4.79 Å². The number of morpholine rings is 1. The first-order chi connectivity index (χ1) is 10.4. The Hall–Kier alpha value is -0.820. The fraction of sp³-hybridized carbons (Fsp3) is 0.667. The summed E-state index contributed by atoms with van der Waals surface area (Å²) >= 11 is 7.39. The van der Waals surface area contributed by atoms with E-state index >= 15 is 0 Å². The zero-order valence-corrected chi connectivity index (χ0v) is 14.4. The number of hydrogen-bond acceptors (Lipinski definition) is 4. The van der Waals surface area contributed by atoms with Gasteiger partial charge in [0.2, 0.25) is 0 Å². The number of ether oxygens (including phenoxy) is 2. The lowest BCUT2D eigenvalue weighted by atomic mass is 9.95. The van der Waals surface area contributed by atoms with Crippen molar-refractivity contribution in [3.05, 3.63) is 21.3 Å². The van der Waals surface area contributed by atoms with Crippen LogP contribution in [0, 0.1) is 0 Å². The molecule has 0 radical (unpaired) electrons. The third kappa shape index (κ3) is 3.56. The molecule has 2 amide bonds. The van der Waals surface area contributed by atoms with E-state index in [4.69, 9.17) is 21.1 Å². The van der Waals surface area contributed by atoms with Crippen molar-refractivity contribution in [3.63, 3.8) is 0 Å². The molecule has 0 bridgehead atoms. The van der Waals surface area contributed by atoms with Gasteiger partial charge in [-0.25, -0.2) is 4.79 Å². The van der Waals surface area contributed by atoms with Gasteiger partial charge >= 0.3 is 6.03 Å². The molecule has 3 rings (SSSR count). The fourth-order valence-electron chi connectivity index (χ4n) is 3.17. The molecule has 7 heteroatoms. The first kappa shape index (κ1) is 16.1. The number of nitrogens with one attached hydrogen (secondary N) is 1. The van der Waals surface area contributed by atoms with Crippen LogP contribution in [-0.2, 0) is 16.0 Å². The molecule has 1 aromatic heterocycles. The van der Waals surface area contributed by atoms with Gasteiger partial charge in [-0.2, -0.15) is 0 Å². The fourth-order valence-corrected chi connectivity index (χ4v) is 4.20. The highest BCUT2D eigenvalue weighted by atomic mass is 35.5. The molecule has 2 saturated heterocycles. The second kappa shape index (κ2) is 6.00. The second-order valence-electron chi connectivity index (χ2n) is 6.57. The molecular weight excluding hydrogens is 324 g/mol. The maximum atomic E-state index is 12.5. The van der Waals surface area contributed by atoms with Crippen molar-refractivity contribution in [2.75, 3.05) is 26.3 Å². The molecule has 22 heavy (non-hydrogen) atoms. The summed E-state index contributed by atoms with van der Waals surface area (Å²) in [7, 11) is 0. The smallest absolute Gasteiger partial charge is 0.317 e. The topological polar surface area (TPSA) is 50.8 Å². The van der Waals surface area contributed by atoms with Crippen molar-refractivity contribution in [3.8, 4) is 0 Å². The quantitative estimate of drug-likeness (QED) is 0.897. The SMILES string of the molecule is CC1(C)CN(C(=O)NCc2ccc(Cl)s2)C[C@@]2(CCOC2)O1. The molecule has 1 aromatic rings. The predicted octanol–water partition coefficient (Wildman–Crippen LogP) is 2.88. The third-order valence-corrected chi connectivity index (χ3v) is 5.17. The summed E-state index contributed by atoms with van der Waals surface area (Å²) in [4.78, 5) is 15.4. The Morgan fingerprint density at radius 2 is 2.27 bits per heavy atom. The number of urea groups is 1. The van der Waals surface area contributed by atoms with Gasteiger partial charge in [-0.3, -0.25) is 0 Å². The van der Waals surface area contributed by atoms with E-state index in [1.807, 2.05) is 30.9 Å². The minimum Gasteiger partial charge on any atom is -0.378 e. The number of nitrogens with zero attached hydrogens (tertiary/aromatic N) is 1. The van der Waals surface area contributed by atoms with E-state index in [2.05, 4.69) is 5.32 Å². The molecular formula is C15H21ClN2O3S. The average Bonchev–Trinajstić information content (AvgIpc) is 3.03. The molecule has 2 fully saturated rings. The zero-order valence-electron chi connectivity index (χ0n) is 12.9. The maximum Gasteiger partial charge on any atom is 0.317 e. The molecule has 3 heterocycles. The minimum absolute atomic E-state index is 0.0628. The van der Waals surface area contributed by atoms with Gasteiger partial charge < -0.3 is 19.7 Å². The highest BCUT2D eigenvalue weighted by molar-refractivity contribution is 7.16. The van der Waals surface area contributed by atoms with Gasteiger partial charge in [0.05, 0.1) is 36.2 Å². The number of hydrogen-bond donors (Lipinski definition) is 1. The number of amides is 2. The monoisotopic (exact) mass is 344 g/mol. The number of thiophene rings is 1. The Kier molecular flexibility index (Phi) is 4.38. The van der Waals surface area contributed by atoms with Gasteiger partial charge in [0.1, 0.15) is 5.60 Å². The highest BCUT2D eigenvalue weighted by Crippen LogP contribution is 2.34. The van der Waals surface area contributed by atoms with Crippen molar-refractivity contribution in [1.29, 1.82) is 0 Å². The number of carbonyl (C=O) groups excluding carboxylic acids is 1. The summed E-state index contributed by atoms with van der Waals surface area (Å²) in [6.45, 7) is 6.94. The van der Waals surface area contributed by atoms with Gasteiger partial charge in [0.25, 0.3) is 0 Å². The van der Waals surface area contributed by atoms with Crippen molar-refractivity contribution in [1.82, 2.24) is 10.2 Å². The lowest BCUT2D eigenvalue weighted by molar-refractivity contribution is -0.185. The number of rotatable bonds is 2. The standard InChI is InChI=1S/C15H21ClN2O3S/c1-14(2)8-18(9-15(21-14)5-6-20-10-15)13(19)17-7-11-3-4-12(16)22-11/h3-4H,5-10H2,1-2H3,(H,17,19)/t15-/m1/s1. The Balaban J connectivity index is 1.63. The molecule has 0 aliphatic carbocycles. The van der Waals surface area contributed by atoms with Crippen LogP contribution in [0.15, 0.2) is 12.1 Å². The molecule has 0 aromatic carbocycles. The van der Waals surface area contributed by atoms with E-state index < -0.39 is 0 Å². The van der Waals surface area contributed by atoms with Crippen LogP contribution < -0.4 is 5.32 Å². The number of carbonyl (C=O) groups is 1. The van der Waals surface area contributed by atoms with E-state index in [1.165, 1.54) is 11.3 Å². The van der Waals surface area contributed by atoms with Crippen molar-refractivity contribution >= 4 is 29.0 Å². The summed E-state index contributed by atoms with van der Waals surface area (Å²) in [5, 5.41) is 2.97. The molecule has 5 nitrogen and oxygen atoms in total. The molecule has 0 unspecified atom stereocenters. The summed E-state index contributed by atoms with van der Waals surface area (Å²) < 4.78 is 12.4. The van der Waals surface area contributed by atoms with Crippen LogP contribution in [0.3, 0.4) is 0 Å². The summed E-state index contributed by atoms with van der Waals surface area (Å²) in [6.07, 6.45) is 0.834. The van der Waals surface area contributed by atoms with Gasteiger partial charge in [-0.1, -0.05) is 11.6 Å². The van der Waals surface area contributed by atoms with Crippen molar-refractivity contribution in [2.45, 2.75) is 38.0 Å². The Bertz CT molecular complexity index is 555. The van der Waals surface area contributed by atoms with Crippen LogP contribution in [0.5, 0.6) is 0 Å². The summed E-state index contributed by atoms with van der Waals surface area (Å²) in [5.74, 6) is 0. The molecule has 2 aliphatic rings. The Labute approximate surface area is 139 Å². The second-order valence-corrected chi connectivity index (χ2v) is 8.37. The first-order valence-electron chi connectivity index (χ1n) is 7.43. The predicted molar refractivity (Wildman–Crippen MR) is 86.5 cm³/mol. The molecule has 0 saturated carbocycles. The maximum absolute atomic E-state index is 12.5.